The average molecular weight is 553 g/mol. The molecule has 0 amide bonds. The van der Waals surface area contributed by atoms with Gasteiger partial charge in [-0.3, -0.25) is 0 Å². The molecule has 1 unspecified atom stereocenters. The van der Waals surface area contributed by atoms with E-state index in [0.717, 1.165) is 23.9 Å². The van der Waals surface area contributed by atoms with E-state index in [2.05, 4.69) is 9.98 Å². The summed E-state index contributed by atoms with van der Waals surface area (Å²) in [5, 5.41) is 0.251. The fraction of sp³-hybridized carbons (Fsp3) is 0.200. The summed E-state index contributed by atoms with van der Waals surface area (Å²) in [6.45, 7) is 0.105. The molecule has 2 heterocycles. The van der Waals surface area contributed by atoms with Gasteiger partial charge in [0.05, 0.1) is 31.4 Å². The molecule has 1 atom stereocenters. The van der Waals surface area contributed by atoms with E-state index in [4.69, 9.17) is 26.8 Å². The van der Waals surface area contributed by atoms with Crippen LogP contribution in [0.4, 0.5) is 23.4 Å². The summed E-state index contributed by atoms with van der Waals surface area (Å²) >= 11 is 7.40. The zero-order chi connectivity index (χ0) is 26.7. The Kier molecular flexibility index (Phi) is 7.84. The number of aromatic nitrogens is 1. The third-order valence-electron chi connectivity index (χ3n) is 5.43. The number of hydrogen-bond donors (Lipinski definition) is 1. The summed E-state index contributed by atoms with van der Waals surface area (Å²) in [7, 11) is 3.02. The summed E-state index contributed by atoms with van der Waals surface area (Å²) in [4.78, 5) is 9.63. The van der Waals surface area contributed by atoms with Crippen LogP contribution in [0.2, 0.25) is 0 Å². The normalized spacial score (nSPS) is 15.8. The number of alkyl halides is 4. The van der Waals surface area contributed by atoms with Gasteiger partial charge in [-0.2, -0.15) is 17.6 Å². The lowest BCUT2D eigenvalue weighted by Gasteiger charge is -2.27. The number of pyridine rings is 1. The van der Waals surface area contributed by atoms with Crippen molar-refractivity contribution in [1.29, 1.82) is 0 Å². The predicted octanol–water partition coefficient (Wildman–Crippen LogP) is 6.71. The molecule has 194 valence electrons. The van der Waals surface area contributed by atoms with E-state index >= 15 is 4.39 Å². The topological polar surface area (TPSA) is 73.0 Å². The number of rotatable bonds is 6. The summed E-state index contributed by atoms with van der Waals surface area (Å²) < 4.78 is 65.9. The Morgan fingerprint density at radius 2 is 1.86 bits per heavy atom. The number of methoxy groups -OCH3 is 2. The molecule has 0 radical (unpaired) electrons. The van der Waals surface area contributed by atoms with Crippen molar-refractivity contribution in [3.63, 3.8) is 0 Å². The lowest BCUT2D eigenvalue weighted by molar-refractivity contribution is -0.137. The van der Waals surface area contributed by atoms with Gasteiger partial charge in [-0.1, -0.05) is 23.4 Å². The summed E-state index contributed by atoms with van der Waals surface area (Å²) in [6.07, 6.45) is -3.54. The van der Waals surface area contributed by atoms with Crippen molar-refractivity contribution in [3.8, 4) is 22.6 Å². The van der Waals surface area contributed by atoms with Crippen LogP contribution in [0.25, 0.3) is 11.1 Å². The van der Waals surface area contributed by atoms with Crippen molar-refractivity contribution in [2.45, 2.75) is 24.0 Å². The molecule has 0 fully saturated rings. The maximum Gasteiger partial charge on any atom is 0.416 e. The Labute approximate surface area is 219 Å². The van der Waals surface area contributed by atoms with E-state index in [9.17, 15) is 13.2 Å². The Bertz CT molecular complexity index is 1370. The minimum Gasteiger partial charge on any atom is -0.497 e. The van der Waals surface area contributed by atoms with Crippen LogP contribution in [0.5, 0.6) is 11.5 Å². The first kappa shape index (κ1) is 26.6. The van der Waals surface area contributed by atoms with E-state index in [1.54, 1.807) is 18.2 Å². The van der Waals surface area contributed by atoms with E-state index in [-0.39, 0.29) is 28.0 Å². The van der Waals surface area contributed by atoms with Gasteiger partial charge in [0.15, 0.2) is 0 Å². The van der Waals surface area contributed by atoms with Crippen LogP contribution in [0.1, 0.15) is 11.1 Å². The number of ether oxygens (including phenoxy) is 2. The molecule has 12 heteroatoms. The highest BCUT2D eigenvalue weighted by Crippen LogP contribution is 2.40. The third-order valence-corrected chi connectivity index (χ3v) is 6.92. The zero-order valence-corrected chi connectivity index (χ0v) is 21.2. The average Bonchev–Trinajstić information content (AvgIpc) is 2.86. The number of anilines is 1. The van der Waals surface area contributed by atoms with Crippen LogP contribution in [-0.4, -0.2) is 35.6 Å². The van der Waals surface area contributed by atoms with Gasteiger partial charge in [0.2, 0.25) is 0 Å². The first-order chi connectivity index (χ1) is 17.6. The number of halogens is 5. The monoisotopic (exact) mass is 552 g/mol. The van der Waals surface area contributed by atoms with Gasteiger partial charge in [-0.25, -0.2) is 9.98 Å². The molecule has 1 aliphatic heterocycles. The van der Waals surface area contributed by atoms with Gasteiger partial charge in [0.1, 0.15) is 22.4 Å². The SMILES string of the molecule is COc1ccc(CN2C=C(Cl)C(Sc3ccc(C(F)(F)F)cc3-c3ccnc(N)c3)=NC2F)c(OC)c1. The molecule has 1 aliphatic rings. The molecule has 3 aromatic rings. The lowest BCUT2D eigenvalue weighted by atomic mass is 10.0. The number of benzene rings is 2. The Morgan fingerprint density at radius 1 is 1.08 bits per heavy atom. The van der Waals surface area contributed by atoms with Crippen molar-refractivity contribution < 1.29 is 27.0 Å². The summed E-state index contributed by atoms with van der Waals surface area (Å²) in [5.74, 6) is 1.24. The quantitative estimate of drug-likeness (QED) is 0.271. The number of aliphatic imine (C=N–C) groups is 1. The molecule has 0 bridgehead atoms. The first-order valence-electron chi connectivity index (χ1n) is 10.8. The molecule has 2 N–H and O–H groups in total. The largest absolute Gasteiger partial charge is 0.497 e. The fourth-order valence-corrected chi connectivity index (χ4v) is 4.82. The smallest absolute Gasteiger partial charge is 0.416 e. The predicted molar refractivity (Wildman–Crippen MR) is 136 cm³/mol. The van der Waals surface area contributed by atoms with Crippen LogP contribution in [0.3, 0.4) is 0 Å². The van der Waals surface area contributed by atoms with E-state index < -0.39 is 18.2 Å². The molecule has 4 rings (SSSR count). The van der Waals surface area contributed by atoms with Crippen molar-refractivity contribution in [3.05, 3.63) is 77.1 Å². The van der Waals surface area contributed by atoms with Crippen molar-refractivity contribution in [2.75, 3.05) is 20.0 Å². The lowest BCUT2D eigenvalue weighted by Crippen LogP contribution is -2.29. The molecule has 0 saturated heterocycles. The van der Waals surface area contributed by atoms with Crippen LogP contribution >= 0.6 is 23.4 Å². The van der Waals surface area contributed by atoms with Gasteiger partial charge in [0, 0.05) is 28.9 Å². The van der Waals surface area contributed by atoms with Crippen molar-refractivity contribution in [2.24, 2.45) is 4.99 Å². The number of nitrogens with zero attached hydrogens (tertiary/aromatic N) is 3. The number of nitrogens with two attached hydrogens (primary N) is 1. The Hall–Kier alpha value is -3.44. The molecule has 37 heavy (non-hydrogen) atoms. The first-order valence-corrected chi connectivity index (χ1v) is 12.0. The molecule has 2 aromatic carbocycles. The standard InChI is InChI=1S/C25H21ClF4N4O2S/c1-35-17-5-3-15(20(11-17)36-2)12-34-13-19(26)23(33-24(34)27)37-21-6-4-16(25(28,29)30)10-18(21)14-7-8-32-22(31)9-14/h3-11,13,24H,12H2,1-2H3,(H2,31,32). The van der Waals surface area contributed by atoms with Gasteiger partial charge in [0.25, 0.3) is 6.42 Å². The van der Waals surface area contributed by atoms with E-state index in [0.29, 0.717) is 27.5 Å². The molecular weight excluding hydrogens is 532 g/mol. The maximum absolute atomic E-state index is 15.1. The van der Waals surface area contributed by atoms with Gasteiger partial charge in [-0.05, 0) is 53.6 Å². The highest BCUT2D eigenvalue weighted by atomic mass is 35.5. The molecule has 6 nitrogen and oxygen atoms in total. The minimum absolute atomic E-state index is 0.105. The molecule has 0 spiro atoms. The van der Waals surface area contributed by atoms with Crippen LogP contribution in [-0.2, 0) is 12.7 Å². The van der Waals surface area contributed by atoms with Crippen LogP contribution < -0.4 is 15.2 Å². The van der Waals surface area contributed by atoms with E-state index in [1.165, 1.54) is 49.7 Å². The van der Waals surface area contributed by atoms with Crippen LogP contribution in [0.15, 0.2) is 75.8 Å². The zero-order valence-electron chi connectivity index (χ0n) is 19.6. The minimum atomic E-state index is -4.55. The maximum atomic E-state index is 15.1. The van der Waals surface area contributed by atoms with Crippen molar-refractivity contribution in [1.82, 2.24) is 9.88 Å². The van der Waals surface area contributed by atoms with E-state index in [1.807, 2.05) is 0 Å². The summed E-state index contributed by atoms with van der Waals surface area (Å²) in [6, 6.07) is 11.4. The van der Waals surface area contributed by atoms with Crippen LogP contribution in [0, 0.1) is 0 Å². The second-order valence-electron chi connectivity index (χ2n) is 7.85. The van der Waals surface area contributed by atoms with Gasteiger partial charge in [-0.15, -0.1) is 0 Å². The van der Waals surface area contributed by atoms with Gasteiger partial charge < -0.3 is 20.1 Å². The third kappa shape index (κ3) is 6.11. The number of thioether (sulfide) groups is 1. The fourth-order valence-electron chi connectivity index (χ4n) is 3.61. The molecular formula is C25H21ClF4N4O2S. The number of nitrogen functional groups attached to an aromatic ring is 1. The molecule has 0 saturated carbocycles. The van der Waals surface area contributed by atoms with Gasteiger partial charge >= 0.3 is 6.18 Å². The second-order valence-corrected chi connectivity index (χ2v) is 9.29. The Morgan fingerprint density at radius 3 is 2.54 bits per heavy atom. The second kappa shape index (κ2) is 10.9. The highest BCUT2D eigenvalue weighted by molar-refractivity contribution is 8.14. The number of hydrogen-bond acceptors (Lipinski definition) is 7. The van der Waals surface area contributed by atoms with Crippen molar-refractivity contribution >= 4 is 34.2 Å². The molecule has 1 aromatic heterocycles. The summed E-state index contributed by atoms with van der Waals surface area (Å²) in [5.41, 5.74) is 6.24. The Balaban J connectivity index is 1.62. The molecule has 0 aliphatic carbocycles. The highest BCUT2D eigenvalue weighted by Gasteiger charge is 2.32.